The topological polar surface area (TPSA) is 210 Å². The number of ether oxygens (including phenoxy) is 2. The van der Waals surface area contributed by atoms with E-state index in [2.05, 4.69) is 62.5 Å². The maximum absolute atomic E-state index is 12.8. The normalized spacial score (nSPS) is 22.3. The number of hydrogen-bond acceptors (Lipinski definition) is 12. The lowest BCUT2D eigenvalue weighted by Crippen LogP contribution is -2.64. The van der Waals surface area contributed by atoms with Gasteiger partial charge >= 0.3 is 19.8 Å². The van der Waals surface area contributed by atoms with Gasteiger partial charge in [-0.25, -0.2) is 4.57 Å². The third-order valence-corrected chi connectivity index (χ3v) is 11.9. The molecule has 1 aliphatic carbocycles. The molecule has 0 aromatic carbocycles. The minimum absolute atomic E-state index is 0.0595. The molecule has 0 spiro atoms. The molecule has 0 aromatic heterocycles. The van der Waals surface area contributed by atoms with Crippen LogP contribution in [0.2, 0.25) is 0 Å². The van der Waals surface area contributed by atoms with Gasteiger partial charge in [0.2, 0.25) is 0 Å². The Bertz CT molecular complexity index is 1270. The van der Waals surface area contributed by atoms with Gasteiger partial charge in [-0.2, -0.15) is 0 Å². The van der Waals surface area contributed by atoms with Crippen LogP contribution in [0.25, 0.3) is 0 Å². The Hall–Kier alpha value is -2.19. The Labute approximate surface area is 373 Å². The standard InChI is InChI=1S/C48H85O13P/c1-3-5-7-9-11-13-15-17-19-20-21-22-23-25-27-29-31-33-35-37-42(50)60-40(39-59-62(56,57)61-48-46(54)44(52)43(51)45(53)47(48)55)38-58-41(49)36-34-32-30-28-26-24-18-16-14-12-10-8-6-4-2/h11,13,17,19,21-22,25,27,40,43-48,51-55H,3-10,12,14-16,18,20,23-24,26,28-39H2,1-2H3,(H,56,57)/b13-11-,19-17-,22-21-,27-25-/t40-,43?,44-,45?,46?,47?,48?/m1/s1. The first-order valence-electron chi connectivity index (χ1n) is 23.9. The average Bonchev–Trinajstić information content (AvgIpc) is 3.25. The molecule has 0 heterocycles. The van der Waals surface area contributed by atoms with E-state index in [1.807, 2.05) is 0 Å². The van der Waals surface area contributed by atoms with Gasteiger partial charge in [-0.15, -0.1) is 0 Å². The summed E-state index contributed by atoms with van der Waals surface area (Å²) in [5, 5.41) is 50.2. The molecular formula is C48H85O13P. The molecule has 0 aromatic rings. The van der Waals surface area contributed by atoms with E-state index in [1.165, 1.54) is 83.5 Å². The number of aliphatic hydroxyl groups excluding tert-OH is 5. The summed E-state index contributed by atoms with van der Waals surface area (Å²) in [7, 11) is -5.13. The van der Waals surface area contributed by atoms with Gasteiger partial charge < -0.3 is 39.9 Å². The summed E-state index contributed by atoms with van der Waals surface area (Å²) >= 11 is 0. The van der Waals surface area contributed by atoms with E-state index in [1.54, 1.807) is 0 Å². The van der Waals surface area contributed by atoms with Gasteiger partial charge in [0.25, 0.3) is 0 Å². The van der Waals surface area contributed by atoms with Crippen molar-refractivity contribution in [1.82, 2.24) is 0 Å². The fourth-order valence-corrected chi connectivity index (χ4v) is 8.01. The molecule has 8 atom stereocenters. The largest absolute Gasteiger partial charge is 0.472 e. The van der Waals surface area contributed by atoms with Crippen LogP contribution >= 0.6 is 7.82 Å². The number of phosphoric acid groups is 1. The molecule has 62 heavy (non-hydrogen) atoms. The summed E-state index contributed by atoms with van der Waals surface area (Å²) in [5.74, 6) is -1.13. The van der Waals surface area contributed by atoms with Gasteiger partial charge in [-0.1, -0.05) is 165 Å². The Kier molecular flexibility index (Phi) is 35.5. The predicted molar refractivity (Wildman–Crippen MR) is 244 cm³/mol. The van der Waals surface area contributed by atoms with Gasteiger partial charge in [0.1, 0.15) is 43.2 Å². The third kappa shape index (κ3) is 30.0. The molecule has 1 rings (SSSR count). The van der Waals surface area contributed by atoms with E-state index in [4.69, 9.17) is 18.5 Å². The van der Waals surface area contributed by atoms with Crippen molar-refractivity contribution in [3.8, 4) is 0 Å². The van der Waals surface area contributed by atoms with E-state index in [-0.39, 0.29) is 12.8 Å². The van der Waals surface area contributed by atoms with Gasteiger partial charge in [-0.3, -0.25) is 18.6 Å². The molecule has 360 valence electrons. The SMILES string of the molecule is CCCCC/C=C\C/C=C\C/C=C\C/C=C\CCCCCC(=O)O[C@H](COC(=O)CCCCCCCCCCCCCCCC)COP(=O)(O)OC1C(O)C(O)C(O)[C@@H](O)C1O. The summed E-state index contributed by atoms with van der Waals surface area (Å²) in [4.78, 5) is 35.7. The Morgan fingerprint density at radius 1 is 0.500 bits per heavy atom. The lowest BCUT2D eigenvalue weighted by atomic mass is 9.85. The molecule has 1 fully saturated rings. The molecule has 6 unspecified atom stereocenters. The van der Waals surface area contributed by atoms with Crippen molar-refractivity contribution in [2.75, 3.05) is 13.2 Å². The first kappa shape index (κ1) is 57.8. The van der Waals surface area contributed by atoms with Gasteiger partial charge in [0.05, 0.1) is 6.61 Å². The Balaban J connectivity index is 2.47. The molecule has 1 saturated carbocycles. The van der Waals surface area contributed by atoms with E-state index in [0.29, 0.717) is 12.8 Å². The van der Waals surface area contributed by atoms with Crippen LogP contribution in [-0.2, 0) is 32.7 Å². The van der Waals surface area contributed by atoms with E-state index in [0.717, 1.165) is 64.2 Å². The second-order valence-electron chi connectivity index (χ2n) is 16.6. The second kappa shape index (κ2) is 38.1. The van der Waals surface area contributed by atoms with E-state index >= 15 is 0 Å². The van der Waals surface area contributed by atoms with Gasteiger partial charge in [0, 0.05) is 12.8 Å². The van der Waals surface area contributed by atoms with Crippen molar-refractivity contribution >= 4 is 19.8 Å². The minimum atomic E-state index is -5.13. The van der Waals surface area contributed by atoms with Crippen LogP contribution in [0.1, 0.15) is 187 Å². The predicted octanol–water partition coefficient (Wildman–Crippen LogP) is 9.56. The van der Waals surface area contributed by atoms with Crippen molar-refractivity contribution < 1.29 is 63.1 Å². The monoisotopic (exact) mass is 901 g/mol. The van der Waals surface area contributed by atoms with Crippen LogP contribution in [0.4, 0.5) is 0 Å². The smallest absolute Gasteiger partial charge is 0.462 e. The van der Waals surface area contributed by atoms with Crippen LogP contribution in [0.5, 0.6) is 0 Å². The second-order valence-corrected chi connectivity index (χ2v) is 18.0. The van der Waals surface area contributed by atoms with Crippen LogP contribution in [0.15, 0.2) is 48.6 Å². The number of unbranched alkanes of at least 4 members (excludes halogenated alkanes) is 19. The van der Waals surface area contributed by atoms with Crippen molar-refractivity contribution in [3.05, 3.63) is 48.6 Å². The Morgan fingerprint density at radius 3 is 1.35 bits per heavy atom. The fraction of sp³-hybridized carbons (Fsp3) is 0.792. The molecule has 13 nitrogen and oxygen atoms in total. The van der Waals surface area contributed by atoms with Crippen molar-refractivity contribution in [1.29, 1.82) is 0 Å². The molecule has 1 aliphatic rings. The molecule has 0 radical (unpaired) electrons. The maximum Gasteiger partial charge on any atom is 0.472 e. The van der Waals surface area contributed by atoms with E-state index < -0.39 is 75.7 Å². The first-order valence-corrected chi connectivity index (χ1v) is 25.4. The highest BCUT2D eigenvalue weighted by Crippen LogP contribution is 2.47. The number of allylic oxidation sites excluding steroid dienone is 8. The van der Waals surface area contributed by atoms with Crippen LogP contribution in [-0.4, -0.2) is 98.3 Å². The van der Waals surface area contributed by atoms with Crippen LogP contribution in [0, 0.1) is 0 Å². The van der Waals surface area contributed by atoms with Gasteiger partial charge in [-0.05, 0) is 57.8 Å². The summed E-state index contributed by atoms with van der Waals surface area (Å²) < 4.78 is 33.5. The molecule has 0 aliphatic heterocycles. The molecule has 0 bridgehead atoms. The molecular weight excluding hydrogens is 815 g/mol. The summed E-state index contributed by atoms with van der Waals surface area (Å²) in [6.07, 6.45) is 31.6. The number of carbonyl (C=O) groups excluding carboxylic acids is 2. The fourth-order valence-electron chi connectivity index (χ4n) is 7.04. The first-order chi connectivity index (χ1) is 29.9. The number of hydrogen-bond donors (Lipinski definition) is 6. The number of phosphoric ester groups is 1. The lowest BCUT2D eigenvalue weighted by Gasteiger charge is -2.41. The summed E-state index contributed by atoms with van der Waals surface area (Å²) in [5.41, 5.74) is 0. The average molecular weight is 901 g/mol. The highest BCUT2D eigenvalue weighted by atomic mass is 31.2. The lowest BCUT2D eigenvalue weighted by molar-refractivity contribution is -0.220. The number of carbonyl (C=O) groups is 2. The summed E-state index contributed by atoms with van der Waals surface area (Å²) in [6, 6.07) is 0. The molecule has 0 amide bonds. The zero-order valence-electron chi connectivity index (χ0n) is 38.2. The van der Waals surface area contributed by atoms with Crippen molar-refractivity contribution in [2.24, 2.45) is 0 Å². The number of esters is 2. The van der Waals surface area contributed by atoms with Gasteiger partial charge in [0.15, 0.2) is 6.10 Å². The third-order valence-electron chi connectivity index (χ3n) is 10.9. The van der Waals surface area contributed by atoms with Crippen LogP contribution in [0.3, 0.4) is 0 Å². The summed E-state index contributed by atoms with van der Waals surface area (Å²) in [6.45, 7) is 3.25. The van der Waals surface area contributed by atoms with Crippen molar-refractivity contribution in [2.45, 2.75) is 230 Å². The molecule has 0 saturated heterocycles. The highest BCUT2D eigenvalue weighted by molar-refractivity contribution is 7.47. The number of aliphatic hydroxyl groups is 5. The zero-order valence-corrected chi connectivity index (χ0v) is 39.0. The maximum atomic E-state index is 12.8. The minimum Gasteiger partial charge on any atom is -0.462 e. The highest BCUT2D eigenvalue weighted by Gasteiger charge is 2.51. The zero-order chi connectivity index (χ0) is 45.7. The van der Waals surface area contributed by atoms with E-state index in [9.17, 15) is 44.6 Å². The molecule has 6 N–H and O–H groups in total. The van der Waals surface area contributed by atoms with Crippen LogP contribution < -0.4 is 0 Å². The Morgan fingerprint density at radius 2 is 0.871 bits per heavy atom. The molecule has 14 heteroatoms. The van der Waals surface area contributed by atoms with Crippen molar-refractivity contribution in [3.63, 3.8) is 0 Å². The quantitative estimate of drug-likeness (QED) is 0.0147. The number of rotatable bonds is 39.